The summed E-state index contributed by atoms with van der Waals surface area (Å²) in [5.41, 5.74) is 4.26. The first kappa shape index (κ1) is 18.6. The molecule has 1 unspecified atom stereocenters. The van der Waals surface area contributed by atoms with E-state index in [1.807, 2.05) is 44.3 Å². The lowest BCUT2D eigenvalue weighted by atomic mass is 10.1. The Morgan fingerprint density at radius 1 is 1.03 bits per heavy atom. The molecule has 2 aromatic carbocycles. The third-order valence-electron chi connectivity index (χ3n) is 4.99. The van der Waals surface area contributed by atoms with Gasteiger partial charge in [0.15, 0.2) is 16.8 Å². The number of hydrogen-bond acceptors (Lipinski definition) is 6. The van der Waals surface area contributed by atoms with Gasteiger partial charge in [0.2, 0.25) is 5.89 Å². The molecule has 8 heteroatoms. The van der Waals surface area contributed by atoms with E-state index in [9.17, 15) is 0 Å². The molecule has 3 heterocycles. The Kier molecular flexibility index (Phi) is 4.63. The first-order chi connectivity index (χ1) is 14.6. The SMILES string of the molecule is Cc1noc(C(C)Sc2nnc(-c3c[nH]c4ccccc34)n2-c2ccccc2C)n1. The van der Waals surface area contributed by atoms with Crippen molar-refractivity contribution in [2.24, 2.45) is 0 Å². The first-order valence-corrected chi connectivity index (χ1v) is 10.5. The topological polar surface area (TPSA) is 85.4 Å². The number of aromatic amines is 1. The number of H-pyrrole nitrogens is 1. The molecule has 0 aliphatic carbocycles. The van der Waals surface area contributed by atoms with Crippen LogP contribution in [0.15, 0.2) is 64.4 Å². The van der Waals surface area contributed by atoms with Gasteiger partial charge in [0.25, 0.3) is 0 Å². The third-order valence-corrected chi connectivity index (χ3v) is 6.02. The summed E-state index contributed by atoms with van der Waals surface area (Å²) in [4.78, 5) is 7.70. The molecule has 0 aliphatic heterocycles. The molecule has 0 saturated heterocycles. The van der Waals surface area contributed by atoms with Gasteiger partial charge >= 0.3 is 0 Å². The molecule has 150 valence electrons. The van der Waals surface area contributed by atoms with Crippen LogP contribution in [0.2, 0.25) is 0 Å². The molecule has 0 amide bonds. The fourth-order valence-corrected chi connectivity index (χ4v) is 4.39. The Hall–Kier alpha value is -3.39. The first-order valence-electron chi connectivity index (χ1n) is 9.66. The summed E-state index contributed by atoms with van der Waals surface area (Å²) in [6.07, 6.45) is 1.99. The standard InChI is InChI=1S/C22H20N6OS/c1-13-8-4-7-11-19(13)28-20(17-12-23-18-10-6-5-9-16(17)18)25-26-22(28)30-14(2)21-24-15(3)27-29-21/h4-12,14,23H,1-3H3. The molecule has 0 radical (unpaired) electrons. The normalized spacial score (nSPS) is 12.5. The largest absolute Gasteiger partial charge is 0.360 e. The molecule has 30 heavy (non-hydrogen) atoms. The number of para-hydroxylation sites is 2. The zero-order valence-corrected chi connectivity index (χ0v) is 17.6. The quantitative estimate of drug-likeness (QED) is 0.393. The number of thioether (sulfide) groups is 1. The number of nitrogens with one attached hydrogen (secondary N) is 1. The highest BCUT2D eigenvalue weighted by Crippen LogP contribution is 2.38. The van der Waals surface area contributed by atoms with Gasteiger partial charge in [-0.15, -0.1) is 10.2 Å². The monoisotopic (exact) mass is 416 g/mol. The second kappa shape index (κ2) is 7.46. The van der Waals surface area contributed by atoms with Gasteiger partial charge in [0.05, 0.1) is 10.9 Å². The molecule has 0 saturated carbocycles. The summed E-state index contributed by atoms with van der Waals surface area (Å²) in [5.74, 6) is 1.99. The molecule has 1 N–H and O–H groups in total. The Bertz CT molecular complexity index is 1330. The summed E-state index contributed by atoms with van der Waals surface area (Å²) < 4.78 is 7.47. The highest BCUT2D eigenvalue weighted by atomic mass is 32.2. The van der Waals surface area contributed by atoms with E-state index in [1.165, 1.54) is 0 Å². The van der Waals surface area contributed by atoms with Gasteiger partial charge in [-0.2, -0.15) is 4.98 Å². The minimum absolute atomic E-state index is 0.0611. The minimum atomic E-state index is -0.0611. The van der Waals surface area contributed by atoms with E-state index in [2.05, 4.69) is 61.1 Å². The zero-order chi connectivity index (χ0) is 20.7. The van der Waals surface area contributed by atoms with Crippen molar-refractivity contribution in [2.75, 3.05) is 0 Å². The van der Waals surface area contributed by atoms with Crippen molar-refractivity contribution in [3.8, 4) is 17.1 Å². The van der Waals surface area contributed by atoms with Gasteiger partial charge in [0.1, 0.15) is 0 Å². The van der Waals surface area contributed by atoms with Crippen LogP contribution in [0, 0.1) is 13.8 Å². The van der Waals surface area contributed by atoms with E-state index in [1.54, 1.807) is 11.8 Å². The maximum Gasteiger partial charge on any atom is 0.239 e. The maximum absolute atomic E-state index is 5.36. The van der Waals surface area contributed by atoms with Crippen molar-refractivity contribution < 1.29 is 4.52 Å². The second-order valence-electron chi connectivity index (χ2n) is 7.12. The Labute approximate surface area is 177 Å². The number of nitrogens with zero attached hydrogens (tertiary/aromatic N) is 5. The Balaban J connectivity index is 1.66. The number of aromatic nitrogens is 6. The van der Waals surface area contributed by atoms with E-state index in [-0.39, 0.29) is 5.25 Å². The third kappa shape index (κ3) is 3.19. The van der Waals surface area contributed by atoms with Crippen LogP contribution < -0.4 is 0 Å². The lowest BCUT2D eigenvalue weighted by molar-refractivity contribution is 0.376. The summed E-state index contributed by atoms with van der Waals surface area (Å²) in [6.45, 7) is 5.93. The highest BCUT2D eigenvalue weighted by molar-refractivity contribution is 7.99. The number of fused-ring (bicyclic) bond motifs is 1. The van der Waals surface area contributed by atoms with Crippen LogP contribution in [0.25, 0.3) is 28.0 Å². The summed E-state index contributed by atoms with van der Waals surface area (Å²) in [5, 5.41) is 14.9. The maximum atomic E-state index is 5.36. The van der Waals surface area contributed by atoms with Crippen LogP contribution in [0.1, 0.15) is 29.5 Å². The van der Waals surface area contributed by atoms with Gasteiger partial charge in [-0.3, -0.25) is 4.57 Å². The van der Waals surface area contributed by atoms with E-state index in [4.69, 9.17) is 4.52 Å². The van der Waals surface area contributed by atoms with Gasteiger partial charge in [-0.1, -0.05) is 53.3 Å². The molecule has 0 spiro atoms. The Morgan fingerprint density at radius 2 is 1.83 bits per heavy atom. The fraction of sp³-hybridized carbons (Fsp3) is 0.182. The van der Waals surface area contributed by atoms with Gasteiger partial charge in [-0.05, 0) is 38.5 Å². The van der Waals surface area contributed by atoms with E-state index in [0.717, 1.165) is 38.7 Å². The molecule has 0 bridgehead atoms. The lowest BCUT2D eigenvalue weighted by Gasteiger charge is -2.13. The highest BCUT2D eigenvalue weighted by Gasteiger charge is 2.23. The lowest BCUT2D eigenvalue weighted by Crippen LogP contribution is -2.02. The number of benzene rings is 2. The molecule has 1 atom stereocenters. The number of rotatable bonds is 5. The summed E-state index contributed by atoms with van der Waals surface area (Å²) in [6, 6.07) is 16.4. The predicted octanol–water partition coefficient (Wildman–Crippen LogP) is 5.27. The molecular formula is C22H20N6OS. The van der Waals surface area contributed by atoms with Gasteiger partial charge < -0.3 is 9.51 Å². The van der Waals surface area contributed by atoms with Gasteiger partial charge in [0, 0.05) is 22.7 Å². The minimum Gasteiger partial charge on any atom is -0.360 e. The van der Waals surface area contributed by atoms with Crippen LogP contribution in [-0.2, 0) is 0 Å². The second-order valence-corrected chi connectivity index (χ2v) is 8.42. The molecule has 5 aromatic rings. The van der Waals surface area contributed by atoms with Crippen molar-refractivity contribution in [3.05, 3.63) is 72.0 Å². The predicted molar refractivity (Wildman–Crippen MR) is 117 cm³/mol. The van der Waals surface area contributed by atoms with Crippen molar-refractivity contribution in [1.29, 1.82) is 0 Å². The molecule has 5 rings (SSSR count). The van der Waals surface area contributed by atoms with Gasteiger partial charge in [-0.25, -0.2) is 0 Å². The number of hydrogen-bond donors (Lipinski definition) is 1. The van der Waals surface area contributed by atoms with E-state index < -0.39 is 0 Å². The molecular weight excluding hydrogens is 396 g/mol. The van der Waals surface area contributed by atoms with Crippen molar-refractivity contribution in [3.63, 3.8) is 0 Å². The van der Waals surface area contributed by atoms with Crippen molar-refractivity contribution >= 4 is 22.7 Å². The van der Waals surface area contributed by atoms with Crippen molar-refractivity contribution in [2.45, 2.75) is 31.2 Å². The Morgan fingerprint density at radius 3 is 2.63 bits per heavy atom. The average Bonchev–Trinajstić information content (AvgIpc) is 3.46. The summed E-state index contributed by atoms with van der Waals surface area (Å²) in [7, 11) is 0. The van der Waals surface area contributed by atoms with Crippen LogP contribution in [0.4, 0.5) is 0 Å². The van der Waals surface area contributed by atoms with Crippen LogP contribution in [0.5, 0.6) is 0 Å². The average molecular weight is 417 g/mol. The summed E-state index contributed by atoms with van der Waals surface area (Å²) >= 11 is 1.55. The molecule has 0 aliphatic rings. The molecule has 0 fully saturated rings. The zero-order valence-electron chi connectivity index (χ0n) is 16.8. The van der Waals surface area contributed by atoms with Crippen LogP contribution in [-0.4, -0.2) is 29.9 Å². The van der Waals surface area contributed by atoms with E-state index >= 15 is 0 Å². The smallest absolute Gasteiger partial charge is 0.239 e. The van der Waals surface area contributed by atoms with Crippen LogP contribution >= 0.6 is 11.8 Å². The molecule has 3 aromatic heterocycles. The fourth-order valence-electron chi connectivity index (χ4n) is 3.50. The van der Waals surface area contributed by atoms with E-state index in [0.29, 0.717) is 11.7 Å². The van der Waals surface area contributed by atoms with Crippen LogP contribution in [0.3, 0.4) is 0 Å². The molecule has 7 nitrogen and oxygen atoms in total. The van der Waals surface area contributed by atoms with Crippen molar-refractivity contribution in [1.82, 2.24) is 29.9 Å². The number of aryl methyl sites for hydroxylation is 2.